The molecule has 0 N–H and O–H groups in total. The van der Waals surface area contributed by atoms with E-state index in [-0.39, 0.29) is 6.61 Å². The van der Waals surface area contributed by atoms with Crippen LogP contribution in [0.25, 0.3) is 0 Å². The summed E-state index contributed by atoms with van der Waals surface area (Å²) in [6.45, 7) is 2.94. The minimum atomic E-state index is -6.31. The van der Waals surface area contributed by atoms with Crippen molar-refractivity contribution in [2.24, 2.45) is 0 Å². The summed E-state index contributed by atoms with van der Waals surface area (Å²) >= 11 is 0. The van der Waals surface area contributed by atoms with Crippen LogP contribution in [0.5, 0.6) is 0 Å². The molecule has 0 atom stereocenters. The Bertz CT molecular complexity index is 257. The second-order valence-electron chi connectivity index (χ2n) is 3.03. The molecule has 0 saturated carbocycles. The van der Waals surface area contributed by atoms with Crippen molar-refractivity contribution in [3.63, 3.8) is 0 Å². The molecule has 0 spiro atoms. The summed E-state index contributed by atoms with van der Waals surface area (Å²) in [6, 6.07) is 0. The van der Waals surface area contributed by atoms with Gasteiger partial charge in [-0.2, -0.15) is 30.7 Å². The van der Waals surface area contributed by atoms with Crippen LogP contribution >= 0.6 is 0 Å². The molecule has 0 rings (SSSR count). The van der Waals surface area contributed by atoms with E-state index in [9.17, 15) is 30.7 Å². The zero-order valence-electron chi connectivity index (χ0n) is 8.54. The smallest absolute Gasteiger partial charge is 0.377 e. The monoisotopic (exact) mass is 267 g/mol. The molecule has 8 heteroatoms. The quantitative estimate of drug-likeness (QED) is 0.406. The van der Waals surface area contributed by atoms with Gasteiger partial charge in [0.2, 0.25) is 0 Å². The molecule has 17 heavy (non-hydrogen) atoms. The van der Waals surface area contributed by atoms with E-state index in [0.29, 0.717) is 12.5 Å². The maximum Gasteiger partial charge on any atom is 0.460 e. The molecule has 0 bridgehead atoms. The van der Waals surface area contributed by atoms with Crippen molar-refractivity contribution in [3.05, 3.63) is 19.1 Å². The lowest BCUT2D eigenvalue weighted by atomic mass is 10.1. The van der Waals surface area contributed by atoms with E-state index in [0.717, 1.165) is 0 Å². The van der Waals surface area contributed by atoms with E-state index in [2.05, 4.69) is 11.7 Å². The van der Waals surface area contributed by atoms with Gasteiger partial charge in [0.05, 0.1) is 6.61 Å². The van der Waals surface area contributed by atoms with Gasteiger partial charge >= 0.3 is 18.0 Å². The van der Waals surface area contributed by atoms with Crippen molar-refractivity contribution in [2.45, 2.75) is 24.4 Å². The Hall–Kier alpha value is -0.790. The minimum Gasteiger partial charge on any atom is -0.377 e. The molecule has 0 aliphatic rings. The van der Waals surface area contributed by atoms with Crippen LogP contribution in [0.15, 0.2) is 12.2 Å². The fourth-order valence-corrected chi connectivity index (χ4v) is 0.743. The van der Waals surface area contributed by atoms with Crippen LogP contribution in [0.4, 0.5) is 30.7 Å². The molecular weight excluding hydrogens is 257 g/mol. The number of hydrogen-bond donors (Lipinski definition) is 0. The molecule has 101 valence electrons. The van der Waals surface area contributed by atoms with Crippen molar-refractivity contribution < 1.29 is 35.5 Å². The van der Waals surface area contributed by atoms with Crippen LogP contribution < -0.4 is 0 Å². The topological polar surface area (TPSA) is 9.23 Å². The maximum absolute atomic E-state index is 12.6. The number of hydrogen-bond acceptors (Lipinski definition) is 1. The van der Waals surface area contributed by atoms with E-state index >= 15 is 0 Å². The van der Waals surface area contributed by atoms with E-state index in [4.69, 9.17) is 0 Å². The highest BCUT2D eigenvalue weighted by atomic mass is 19.4. The van der Waals surface area contributed by atoms with Gasteiger partial charge in [0.15, 0.2) is 0 Å². The average Bonchev–Trinajstić information content (AvgIpc) is 2.15. The van der Waals surface area contributed by atoms with Crippen molar-refractivity contribution in [1.29, 1.82) is 0 Å². The molecule has 0 saturated heterocycles. The van der Waals surface area contributed by atoms with Crippen molar-refractivity contribution >= 4 is 0 Å². The predicted octanol–water partition coefficient (Wildman–Crippen LogP) is 3.62. The summed E-state index contributed by atoms with van der Waals surface area (Å²) < 4.78 is 89.3. The number of ether oxygens (including phenoxy) is 1. The first-order chi connectivity index (χ1) is 7.56. The van der Waals surface area contributed by atoms with Crippen molar-refractivity contribution in [3.8, 4) is 0 Å². The Morgan fingerprint density at radius 3 is 1.94 bits per heavy atom. The third-order valence-electron chi connectivity index (χ3n) is 1.60. The third-order valence-corrected chi connectivity index (χ3v) is 1.60. The number of alkyl halides is 7. The highest BCUT2D eigenvalue weighted by molar-refractivity contribution is 5.05. The Labute approximate surface area is 93.2 Å². The van der Waals surface area contributed by atoms with Gasteiger partial charge in [0.1, 0.15) is 0 Å². The van der Waals surface area contributed by atoms with Crippen molar-refractivity contribution in [2.75, 3.05) is 13.2 Å². The number of allylic oxidation sites excluding steroid dienone is 1. The second-order valence-corrected chi connectivity index (χ2v) is 3.03. The Balaban J connectivity index is 4.56. The molecule has 0 unspecified atom stereocenters. The first-order valence-electron chi connectivity index (χ1n) is 4.43. The molecule has 0 aromatic heterocycles. The largest absolute Gasteiger partial charge is 0.460 e. The summed E-state index contributed by atoms with van der Waals surface area (Å²) in [5.41, 5.74) is 0. The van der Waals surface area contributed by atoms with Crippen LogP contribution in [-0.4, -0.2) is 31.2 Å². The van der Waals surface area contributed by atoms with E-state index in [1.54, 1.807) is 0 Å². The minimum absolute atomic E-state index is 0.0889. The fraction of sp³-hybridized carbons (Fsp3) is 0.667. The SMILES string of the molecule is [CH2]CCOCC=CC(F)(F)C(F)(F)C(F)(F)F. The molecular formula is C9H10F7O. The van der Waals surface area contributed by atoms with Gasteiger partial charge < -0.3 is 4.74 Å². The number of rotatable bonds is 6. The Morgan fingerprint density at radius 1 is 1.00 bits per heavy atom. The first kappa shape index (κ1) is 16.2. The Morgan fingerprint density at radius 2 is 1.53 bits per heavy atom. The summed E-state index contributed by atoms with van der Waals surface area (Å²) in [6.07, 6.45) is -6.09. The van der Waals surface area contributed by atoms with Crippen molar-refractivity contribution in [1.82, 2.24) is 0 Å². The first-order valence-corrected chi connectivity index (χ1v) is 4.43. The highest BCUT2D eigenvalue weighted by Crippen LogP contribution is 2.46. The average molecular weight is 267 g/mol. The van der Waals surface area contributed by atoms with E-state index in [1.165, 1.54) is 0 Å². The lowest BCUT2D eigenvalue weighted by molar-refractivity contribution is -0.341. The Kier molecular flexibility index (Phi) is 5.44. The summed E-state index contributed by atoms with van der Waals surface area (Å²) in [7, 11) is 0. The second kappa shape index (κ2) is 5.70. The molecule has 0 aromatic carbocycles. The van der Waals surface area contributed by atoms with Gasteiger partial charge in [-0.15, -0.1) is 0 Å². The molecule has 0 aliphatic heterocycles. The van der Waals surface area contributed by atoms with Crippen LogP contribution in [0, 0.1) is 6.92 Å². The molecule has 1 radical (unpaired) electrons. The predicted molar refractivity (Wildman–Crippen MR) is 45.9 cm³/mol. The number of halogens is 7. The fourth-order valence-electron chi connectivity index (χ4n) is 0.743. The third kappa shape index (κ3) is 4.18. The molecule has 0 amide bonds. The standard InChI is InChI=1S/C9H10F7O/c1-2-5-17-6-3-4-7(10,11)8(12,13)9(14,15)16/h3-4H,1-2,5-6H2. The summed E-state index contributed by atoms with van der Waals surface area (Å²) in [4.78, 5) is 0. The maximum atomic E-state index is 12.6. The normalized spacial score (nSPS) is 14.6. The molecule has 0 heterocycles. The van der Waals surface area contributed by atoms with Gasteiger partial charge in [0, 0.05) is 6.61 Å². The molecule has 1 nitrogen and oxygen atoms in total. The lowest BCUT2D eigenvalue weighted by Crippen LogP contribution is -2.50. The van der Waals surface area contributed by atoms with Crippen LogP contribution in [0.3, 0.4) is 0 Å². The lowest BCUT2D eigenvalue weighted by Gasteiger charge is -2.25. The summed E-state index contributed by atoms with van der Waals surface area (Å²) in [5.74, 6) is -11.4. The molecule has 0 fully saturated rings. The van der Waals surface area contributed by atoms with Gasteiger partial charge in [0.25, 0.3) is 0 Å². The van der Waals surface area contributed by atoms with Gasteiger partial charge in [-0.3, -0.25) is 0 Å². The van der Waals surface area contributed by atoms with Gasteiger partial charge in [-0.05, 0) is 12.5 Å². The highest BCUT2D eigenvalue weighted by Gasteiger charge is 2.71. The van der Waals surface area contributed by atoms with E-state index in [1.807, 2.05) is 0 Å². The summed E-state index contributed by atoms with van der Waals surface area (Å²) in [5, 5.41) is 0. The molecule has 0 aromatic rings. The van der Waals surface area contributed by atoms with Crippen LogP contribution in [-0.2, 0) is 4.74 Å². The zero-order chi connectivity index (χ0) is 13.7. The van der Waals surface area contributed by atoms with Crippen LogP contribution in [0.1, 0.15) is 6.42 Å². The van der Waals surface area contributed by atoms with Crippen LogP contribution in [0.2, 0.25) is 0 Å². The zero-order valence-corrected chi connectivity index (χ0v) is 8.54. The van der Waals surface area contributed by atoms with E-state index < -0.39 is 30.7 Å². The van der Waals surface area contributed by atoms with Gasteiger partial charge in [-0.25, -0.2) is 0 Å². The van der Waals surface area contributed by atoms with Gasteiger partial charge in [-0.1, -0.05) is 13.0 Å². The molecule has 0 aliphatic carbocycles.